The summed E-state index contributed by atoms with van der Waals surface area (Å²) < 4.78 is 0. The average molecular weight is 320 g/mol. The molecule has 0 N–H and O–H groups in total. The van der Waals surface area contributed by atoms with Crippen molar-refractivity contribution < 1.29 is 0 Å². The topological polar surface area (TPSA) is 23.8 Å². The van der Waals surface area contributed by atoms with Crippen molar-refractivity contribution in [2.24, 2.45) is 5.92 Å². The Morgan fingerprint density at radius 2 is 1.13 bits per heavy atom. The largest absolute Gasteiger partial charge is 0.198 e. The van der Waals surface area contributed by atoms with Gasteiger partial charge in [0, 0.05) is 5.92 Å². The van der Waals surface area contributed by atoms with Crippen molar-refractivity contribution >= 4 is 0 Å². The molecule has 0 aromatic heterocycles. The molecule has 1 atom stereocenters. The minimum Gasteiger partial charge on any atom is -0.198 e. The van der Waals surface area contributed by atoms with Crippen LogP contribution in [0.1, 0.15) is 117 Å². The van der Waals surface area contributed by atoms with E-state index in [-0.39, 0.29) is 5.92 Å². The smallest absolute Gasteiger partial charge is 0.0652 e. The normalized spacial score (nSPS) is 12.6. The Balaban J connectivity index is 3.08. The minimum absolute atomic E-state index is 0.205. The molecule has 23 heavy (non-hydrogen) atoms. The SMILES string of the molecule is CCCCCCCCCCCCCCCC=CCCC(C)C#N. The number of hydrogen-bond donors (Lipinski definition) is 0. The highest BCUT2D eigenvalue weighted by molar-refractivity contribution is 4.85. The van der Waals surface area contributed by atoms with Crippen LogP contribution in [0.15, 0.2) is 12.2 Å². The van der Waals surface area contributed by atoms with E-state index >= 15 is 0 Å². The molecule has 0 aromatic carbocycles. The molecule has 0 aromatic rings. The molecule has 1 heteroatoms. The van der Waals surface area contributed by atoms with E-state index < -0.39 is 0 Å². The van der Waals surface area contributed by atoms with Crippen molar-refractivity contribution in [3.8, 4) is 6.07 Å². The van der Waals surface area contributed by atoms with Gasteiger partial charge in [-0.25, -0.2) is 0 Å². The summed E-state index contributed by atoms with van der Waals surface area (Å²) in [6, 6.07) is 2.29. The van der Waals surface area contributed by atoms with E-state index in [1.807, 2.05) is 6.92 Å². The molecular weight excluding hydrogens is 278 g/mol. The van der Waals surface area contributed by atoms with Gasteiger partial charge in [0.2, 0.25) is 0 Å². The molecule has 0 aliphatic heterocycles. The second-order valence-electron chi connectivity index (χ2n) is 7.11. The van der Waals surface area contributed by atoms with Crippen LogP contribution in [0.25, 0.3) is 0 Å². The van der Waals surface area contributed by atoms with E-state index in [9.17, 15) is 0 Å². The first-order valence-electron chi connectivity index (χ1n) is 10.4. The van der Waals surface area contributed by atoms with Gasteiger partial charge in [-0.2, -0.15) is 5.26 Å². The van der Waals surface area contributed by atoms with E-state index in [0.29, 0.717) is 0 Å². The predicted octanol–water partition coefficient (Wildman–Crippen LogP) is 7.96. The Labute approximate surface area is 146 Å². The first-order valence-corrected chi connectivity index (χ1v) is 10.4. The van der Waals surface area contributed by atoms with Crippen LogP contribution in [0.2, 0.25) is 0 Å². The summed E-state index contributed by atoms with van der Waals surface area (Å²) in [5, 5.41) is 8.70. The Morgan fingerprint density at radius 1 is 0.696 bits per heavy atom. The fourth-order valence-electron chi connectivity index (χ4n) is 2.93. The third-order valence-electron chi connectivity index (χ3n) is 4.63. The third kappa shape index (κ3) is 19.2. The van der Waals surface area contributed by atoms with Gasteiger partial charge in [-0.1, -0.05) is 96.1 Å². The van der Waals surface area contributed by atoms with E-state index in [1.54, 1.807) is 0 Å². The van der Waals surface area contributed by atoms with Crippen LogP contribution in [0.5, 0.6) is 0 Å². The number of nitriles is 1. The van der Waals surface area contributed by atoms with Crippen LogP contribution in [0.4, 0.5) is 0 Å². The lowest BCUT2D eigenvalue weighted by atomic mass is 10.0. The second-order valence-corrected chi connectivity index (χ2v) is 7.11. The molecule has 1 unspecified atom stereocenters. The number of allylic oxidation sites excluding steroid dienone is 2. The lowest BCUT2D eigenvalue weighted by Gasteiger charge is -2.02. The highest BCUT2D eigenvalue weighted by atomic mass is 14.2. The average Bonchev–Trinajstić information content (AvgIpc) is 2.57. The van der Waals surface area contributed by atoms with Gasteiger partial charge in [-0.15, -0.1) is 0 Å². The van der Waals surface area contributed by atoms with Gasteiger partial charge in [-0.3, -0.25) is 0 Å². The fraction of sp³-hybridized carbons (Fsp3) is 0.864. The standard InChI is InChI=1S/C22H41N/c1-3-4-5-6-7-8-9-10-11-12-13-14-15-16-17-18-19-20-22(2)21-23/h17-18,22H,3-16,19-20H2,1-2H3. The number of rotatable bonds is 17. The minimum atomic E-state index is 0.205. The molecule has 0 saturated heterocycles. The summed E-state index contributed by atoms with van der Waals surface area (Å²) in [6.45, 7) is 4.29. The first-order chi connectivity index (χ1) is 11.3. The van der Waals surface area contributed by atoms with E-state index in [1.165, 1.54) is 89.9 Å². The zero-order valence-electron chi connectivity index (χ0n) is 16.0. The van der Waals surface area contributed by atoms with E-state index in [2.05, 4.69) is 25.1 Å². The van der Waals surface area contributed by atoms with Gasteiger partial charge >= 0.3 is 0 Å². The van der Waals surface area contributed by atoms with Gasteiger partial charge in [0.1, 0.15) is 0 Å². The van der Waals surface area contributed by atoms with Gasteiger partial charge < -0.3 is 0 Å². The second kappa shape index (κ2) is 19.3. The summed E-state index contributed by atoms with van der Waals surface area (Å²) >= 11 is 0. The van der Waals surface area contributed by atoms with E-state index in [4.69, 9.17) is 5.26 Å². The molecule has 134 valence electrons. The molecule has 1 nitrogen and oxygen atoms in total. The molecule has 0 radical (unpaired) electrons. The molecule has 0 aliphatic carbocycles. The van der Waals surface area contributed by atoms with Gasteiger partial charge in [0.15, 0.2) is 0 Å². The Hall–Kier alpha value is -0.770. The Morgan fingerprint density at radius 3 is 1.61 bits per heavy atom. The summed E-state index contributed by atoms with van der Waals surface area (Å²) in [5.74, 6) is 0.205. The number of unbranched alkanes of at least 4 members (excludes halogenated alkanes) is 13. The van der Waals surface area contributed by atoms with Crippen LogP contribution >= 0.6 is 0 Å². The predicted molar refractivity (Wildman–Crippen MR) is 103 cm³/mol. The van der Waals surface area contributed by atoms with Gasteiger partial charge in [-0.05, 0) is 32.6 Å². The van der Waals surface area contributed by atoms with Crippen molar-refractivity contribution in [1.29, 1.82) is 5.26 Å². The van der Waals surface area contributed by atoms with Crippen LogP contribution in [-0.2, 0) is 0 Å². The summed E-state index contributed by atoms with van der Waals surface area (Å²) in [5.41, 5.74) is 0. The zero-order chi connectivity index (χ0) is 17.0. The van der Waals surface area contributed by atoms with Crippen molar-refractivity contribution in [3.63, 3.8) is 0 Å². The van der Waals surface area contributed by atoms with Crippen LogP contribution in [0.3, 0.4) is 0 Å². The Kier molecular flexibility index (Phi) is 18.6. The molecule has 0 heterocycles. The molecule has 0 amide bonds. The monoisotopic (exact) mass is 319 g/mol. The van der Waals surface area contributed by atoms with Crippen molar-refractivity contribution in [1.82, 2.24) is 0 Å². The molecule has 0 rings (SSSR count). The van der Waals surface area contributed by atoms with Crippen molar-refractivity contribution in [2.75, 3.05) is 0 Å². The van der Waals surface area contributed by atoms with Crippen molar-refractivity contribution in [2.45, 2.75) is 117 Å². The molecule has 0 bridgehead atoms. The molecular formula is C22H41N. The summed E-state index contributed by atoms with van der Waals surface area (Å²) in [4.78, 5) is 0. The van der Waals surface area contributed by atoms with E-state index in [0.717, 1.165) is 12.8 Å². The quantitative estimate of drug-likeness (QED) is 0.197. The maximum absolute atomic E-state index is 8.70. The van der Waals surface area contributed by atoms with Crippen LogP contribution in [0, 0.1) is 17.2 Å². The molecule has 0 aliphatic rings. The highest BCUT2D eigenvalue weighted by Gasteiger charge is 1.95. The van der Waals surface area contributed by atoms with Crippen molar-refractivity contribution in [3.05, 3.63) is 12.2 Å². The maximum atomic E-state index is 8.70. The highest BCUT2D eigenvalue weighted by Crippen LogP contribution is 2.13. The zero-order valence-corrected chi connectivity index (χ0v) is 16.0. The number of hydrogen-bond acceptors (Lipinski definition) is 1. The summed E-state index contributed by atoms with van der Waals surface area (Å²) in [6.07, 6.45) is 26.4. The first kappa shape index (κ1) is 22.2. The summed E-state index contributed by atoms with van der Waals surface area (Å²) in [7, 11) is 0. The maximum Gasteiger partial charge on any atom is 0.0652 e. The van der Waals surface area contributed by atoms with Gasteiger partial charge in [0.25, 0.3) is 0 Å². The molecule has 0 fully saturated rings. The lowest BCUT2D eigenvalue weighted by molar-refractivity contribution is 0.540. The fourth-order valence-corrected chi connectivity index (χ4v) is 2.93. The Bertz CT molecular complexity index is 287. The molecule has 0 spiro atoms. The lowest BCUT2D eigenvalue weighted by Crippen LogP contribution is -1.87. The van der Waals surface area contributed by atoms with Crippen LogP contribution < -0.4 is 0 Å². The van der Waals surface area contributed by atoms with Crippen LogP contribution in [-0.4, -0.2) is 0 Å². The molecule has 0 saturated carbocycles. The third-order valence-corrected chi connectivity index (χ3v) is 4.63. The number of nitrogens with zero attached hydrogens (tertiary/aromatic N) is 1. The van der Waals surface area contributed by atoms with Gasteiger partial charge in [0.05, 0.1) is 6.07 Å².